The molecule has 6 nitrogen and oxygen atoms in total. The average Bonchev–Trinajstić information content (AvgIpc) is 2.80. The van der Waals surface area contributed by atoms with Crippen LogP contribution in [0.3, 0.4) is 0 Å². The predicted molar refractivity (Wildman–Crippen MR) is 136 cm³/mol. The molecule has 1 aromatic carbocycles. The summed E-state index contributed by atoms with van der Waals surface area (Å²) in [5, 5.41) is 19.7. The van der Waals surface area contributed by atoms with Crippen LogP contribution in [-0.4, -0.2) is 35.4 Å². The maximum atomic E-state index is 11.4. The van der Waals surface area contributed by atoms with Gasteiger partial charge in [0.05, 0.1) is 7.11 Å². The maximum Gasteiger partial charge on any atom is 0.339 e. The van der Waals surface area contributed by atoms with E-state index in [-0.39, 0.29) is 23.4 Å². The average molecular weight is 477 g/mol. The zero-order valence-corrected chi connectivity index (χ0v) is 21.5. The van der Waals surface area contributed by atoms with E-state index in [1.54, 1.807) is 19.9 Å². The van der Waals surface area contributed by atoms with Crippen molar-refractivity contribution in [1.29, 1.82) is 0 Å². The first-order valence-electron chi connectivity index (χ1n) is 12.8. The van der Waals surface area contributed by atoms with E-state index in [0.29, 0.717) is 23.3 Å². The van der Waals surface area contributed by atoms with Crippen LogP contribution in [0.2, 0.25) is 0 Å². The Balaban J connectivity index is 2.57. The second-order valence-electron chi connectivity index (χ2n) is 9.02. The molecule has 0 heterocycles. The van der Waals surface area contributed by atoms with Gasteiger partial charge in [0.1, 0.15) is 23.2 Å². The third-order valence-electron chi connectivity index (χ3n) is 6.14. The largest absolute Gasteiger partial charge is 0.507 e. The molecule has 0 amide bonds. The summed E-state index contributed by atoms with van der Waals surface area (Å²) in [4.78, 5) is 22.5. The number of ether oxygens (including phenoxy) is 2. The lowest BCUT2D eigenvalue weighted by Crippen LogP contribution is -2.17. The Morgan fingerprint density at radius 3 is 2.35 bits per heavy atom. The Morgan fingerprint density at radius 2 is 1.68 bits per heavy atom. The van der Waals surface area contributed by atoms with Crippen LogP contribution in [0, 0.1) is 13.8 Å². The van der Waals surface area contributed by atoms with Gasteiger partial charge in [-0.25, -0.2) is 4.79 Å². The second kappa shape index (κ2) is 17.0. The number of rotatable bonds is 18. The molecule has 0 saturated carbocycles. The Hall–Kier alpha value is -2.50. The molecule has 34 heavy (non-hydrogen) atoms. The number of esters is 1. The number of aryl methyl sites for hydroxylation is 1. The summed E-state index contributed by atoms with van der Waals surface area (Å²) in [6, 6.07) is 1.72. The van der Waals surface area contributed by atoms with E-state index in [4.69, 9.17) is 4.74 Å². The van der Waals surface area contributed by atoms with Gasteiger partial charge in [-0.15, -0.1) is 0 Å². The summed E-state index contributed by atoms with van der Waals surface area (Å²) >= 11 is 0. The number of hydrogen-bond donors (Lipinski definition) is 2. The third kappa shape index (κ3) is 11.1. The number of methoxy groups -OCH3 is 1. The number of carbonyl (C=O) groups excluding carboxylic acids is 1. The van der Waals surface area contributed by atoms with Crippen LogP contribution in [0.25, 0.3) is 0 Å². The fourth-order valence-corrected chi connectivity index (χ4v) is 3.99. The highest BCUT2D eigenvalue weighted by molar-refractivity contribution is 5.93. The van der Waals surface area contributed by atoms with E-state index < -0.39 is 5.97 Å². The van der Waals surface area contributed by atoms with Crippen molar-refractivity contribution in [3.05, 3.63) is 34.9 Å². The van der Waals surface area contributed by atoms with Crippen LogP contribution < -0.4 is 4.74 Å². The van der Waals surface area contributed by atoms with Gasteiger partial charge in [0.15, 0.2) is 0 Å². The van der Waals surface area contributed by atoms with E-state index in [0.717, 1.165) is 64.2 Å². The molecule has 0 radical (unpaired) electrons. The highest BCUT2D eigenvalue weighted by Gasteiger charge is 2.20. The molecule has 0 bridgehead atoms. The van der Waals surface area contributed by atoms with Gasteiger partial charge in [-0.2, -0.15) is 0 Å². The van der Waals surface area contributed by atoms with E-state index in [2.05, 4.69) is 23.8 Å². The van der Waals surface area contributed by atoms with Crippen molar-refractivity contribution in [2.45, 2.75) is 110 Å². The van der Waals surface area contributed by atoms with Crippen molar-refractivity contribution < 1.29 is 29.3 Å². The molecule has 192 valence electrons. The van der Waals surface area contributed by atoms with Gasteiger partial charge >= 0.3 is 11.9 Å². The molecular formula is C28H44O6. The van der Waals surface area contributed by atoms with Gasteiger partial charge in [-0.1, -0.05) is 57.6 Å². The van der Waals surface area contributed by atoms with Gasteiger partial charge < -0.3 is 19.7 Å². The Bertz CT molecular complexity index is 784. The molecule has 1 rings (SSSR count). The Morgan fingerprint density at radius 1 is 1.00 bits per heavy atom. The molecule has 0 fully saturated rings. The van der Waals surface area contributed by atoms with Crippen LogP contribution in [0.4, 0.5) is 0 Å². The van der Waals surface area contributed by atoms with Crippen LogP contribution in [0.5, 0.6) is 11.5 Å². The van der Waals surface area contributed by atoms with Crippen molar-refractivity contribution >= 4 is 11.9 Å². The Labute approximate surface area is 205 Å². The number of carboxylic acid groups (broad SMARTS) is 1. The zero-order chi connectivity index (χ0) is 25.3. The molecule has 0 unspecified atom stereocenters. The molecule has 0 aliphatic carbocycles. The predicted octanol–water partition coefficient (Wildman–Crippen LogP) is 7.28. The highest BCUT2D eigenvalue weighted by atomic mass is 16.5. The smallest absolute Gasteiger partial charge is 0.339 e. The normalized spacial score (nSPS) is 12.1. The van der Waals surface area contributed by atoms with E-state index in [1.807, 2.05) is 0 Å². The van der Waals surface area contributed by atoms with Crippen LogP contribution >= 0.6 is 0 Å². The van der Waals surface area contributed by atoms with E-state index in [1.165, 1.54) is 20.0 Å². The van der Waals surface area contributed by atoms with Gasteiger partial charge in [0, 0.05) is 18.4 Å². The minimum Gasteiger partial charge on any atom is -0.507 e. The molecule has 0 aliphatic rings. The molecule has 2 N–H and O–H groups in total. The number of unbranched alkanes of at least 4 members (excludes halogenated alkanes) is 8. The third-order valence-corrected chi connectivity index (χ3v) is 6.14. The number of aromatic carboxylic acids is 1. The molecule has 1 aromatic rings. The number of aromatic hydroxyl groups is 1. The molecule has 1 atom stereocenters. The molecule has 6 heteroatoms. The quantitative estimate of drug-likeness (QED) is 0.131. The van der Waals surface area contributed by atoms with E-state index in [9.17, 15) is 19.8 Å². The number of carbonyl (C=O) groups is 2. The molecule has 0 saturated heterocycles. The lowest BCUT2D eigenvalue weighted by atomic mass is 10.0. The van der Waals surface area contributed by atoms with Crippen molar-refractivity contribution in [3.63, 3.8) is 0 Å². The van der Waals surface area contributed by atoms with Gasteiger partial charge in [0.25, 0.3) is 0 Å². The fourth-order valence-electron chi connectivity index (χ4n) is 3.99. The fraction of sp³-hybridized carbons (Fsp3) is 0.643. The Kier molecular flexibility index (Phi) is 14.8. The minimum atomic E-state index is -1.13. The summed E-state index contributed by atoms with van der Waals surface area (Å²) in [5.74, 6) is -0.921. The number of phenols is 1. The maximum absolute atomic E-state index is 11.4. The van der Waals surface area contributed by atoms with Gasteiger partial charge in [-0.3, -0.25) is 4.79 Å². The first-order valence-corrected chi connectivity index (χ1v) is 12.8. The summed E-state index contributed by atoms with van der Waals surface area (Å²) in [5.41, 5.74) is 0.907. The topological polar surface area (TPSA) is 93.1 Å². The number of hydrogen-bond acceptors (Lipinski definition) is 5. The summed E-state index contributed by atoms with van der Waals surface area (Å²) in [6.45, 7) is 5.57. The molecule has 0 aromatic heterocycles. The monoisotopic (exact) mass is 476 g/mol. The van der Waals surface area contributed by atoms with Crippen LogP contribution in [0.15, 0.2) is 18.2 Å². The van der Waals surface area contributed by atoms with E-state index >= 15 is 0 Å². The first kappa shape index (κ1) is 29.5. The first-order chi connectivity index (χ1) is 16.3. The molecule has 0 aliphatic heterocycles. The molecular weight excluding hydrogens is 432 g/mol. The van der Waals surface area contributed by atoms with Crippen LogP contribution in [-0.2, 0) is 9.53 Å². The number of allylic oxidation sites excluding steroid dienone is 1. The van der Waals surface area contributed by atoms with Crippen LogP contribution in [0.1, 0.15) is 112 Å². The van der Waals surface area contributed by atoms with Gasteiger partial charge in [-0.05, 0) is 57.6 Å². The van der Waals surface area contributed by atoms with Gasteiger partial charge in [0.2, 0.25) is 0 Å². The molecule has 0 spiro atoms. The summed E-state index contributed by atoms with van der Waals surface area (Å²) < 4.78 is 10.9. The van der Waals surface area contributed by atoms with Crippen molar-refractivity contribution in [2.75, 3.05) is 7.11 Å². The van der Waals surface area contributed by atoms with Crippen molar-refractivity contribution in [3.8, 4) is 11.5 Å². The standard InChI is InChI=1S/C28H44O6/c1-5-6-7-14-17-23(18-15-12-10-8-9-11-13-16-19-25(29)33-4)34-24-20-21(2)26(28(31)32)27(30)22(24)3/h12,15,20,23,30H,5-11,13-14,16-19H2,1-4H3,(H,31,32)/b15-12-/t23-/m0/s1. The second-order valence-corrected chi connectivity index (χ2v) is 9.02. The zero-order valence-electron chi connectivity index (χ0n) is 21.5. The summed E-state index contributed by atoms with van der Waals surface area (Å²) in [6.07, 6.45) is 17.6. The lowest BCUT2D eigenvalue weighted by molar-refractivity contribution is -0.140. The SMILES string of the molecule is CCCCCC[C@@H](C/C=C\CCCCCCCC(=O)OC)Oc1cc(C)c(C(=O)O)c(O)c1C. The van der Waals surface area contributed by atoms with Crippen molar-refractivity contribution in [1.82, 2.24) is 0 Å². The highest BCUT2D eigenvalue weighted by Crippen LogP contribution is 2.34. The minimum absolute atomic E-state index is 0.0143. The number of carboxylic acids is 1. The van der Waals surface area contributed by atoms with Crippen molar-refractivity contribution in [2.24, 2.45) is 0 Å². The number of benzene rings is 1. The summed E-state index contributed by atoms with van der Waals surface area (Å²) in [7, 11) is 1.43. The lowest BCUT2D eigenvalue weighted by Gasteiger charge is -2.21.